The second-order valence-corrected chi connectivity index (χ2v) is 5.76. The quantitative estimate of drug-likeness (QED) is 0.582. The van der Waals surface area contributed by atoms with Gasteiger partial charge in [-0.15, -0.1) is 5.10 Å². The number of H-pyrrole nitrogens is 1. The van der Waals surface area contributed by atoms with Gasteiger partial charge in [-0.3, -0.25) is 5.10 Å². The molecule has 2 aromatic rings. The normalized spacial score (nSPS) is 16.5. The van der Waals surface area contributed by atoms with Crippen LogP contribution in [-0.4, -0.2) is 33.7 Å². The number of rotatable bonds is 5. The third kappa shape index (κ3) is 4.34. The molecule has 0 aromatic carbocycles. The molecule has 0 spiro atoms. The summed E-state index contributed by atoms with van der Waals surface area (Å²) in [5, 5.41) is 13.9. The van der Waals surface area contributed by atoms with Crippen LogP contribution in [-0.2, 0) is 6.54 Å². The zero-order valence-electron chi connectivity index (χ0n) is 13.5. The van der Waals surface area contributed by atoms with Crippen molar-refractivity contribution < 1.29 is 4.42 Å². The Morgan fingerprint density at radius 3 is 3.00 bits per heavy atom. The molecule has 23 heavy (non-hydrogen) atoms. The summed E-state index contributed by atoms with van der Waals surface area (Å²) in [7, 11) is 0. The minimum Gasteiger partial charge on any atom is -0.461 e. The number of aromatic amines is 1. The van der Waals surface area contributed by atoms with Crippen molar-refractivity contribution in [2.24, 2.45) is 4.99 Å². The van der Waals surface area contributed by atoms with Gasteiger partial charge in [-0.05, 0) is 31.9 Å². The Labute approximate surface area is 136 Å². The van der Waals surface area contributed by atoms with E-state index in [1.807, 2.05) is 12.1 Å². The fourth-order valence-corrected chi connectivity index (χ4v) is 2.80. The van der Waals surface area contributed by atoms with Gasteiger partial charge < -0.3 is 15.1 Å². The van der Waals surface area contributed by atoms with E-state index >= 15 is 0 Å². The van der Waals surface area contributed by atoms with Crippen LogP contribution in [0.3, 0.4) is 0 Å². The van der Waals surface area contributed by atoms with E-state index in [1.54, 1.807) is 6.26 Å². The van der Waals surface area contributed by atoms with Crippen molar-refractivity contribution in [3.05, 3.63) is 24.2 Å². The number of nitrogens with zero attached hydrogens (tertiary/aromatic N) is 3. The smallest absolute Gasteiger partial charge is 0.216 e. The Hall–Kier alpha value is -2.31. The van der Waals surface area contributed by atoms with Crippen molar-refractivity contribution >= 4 is 5.96 Å². The zero-order chi connectivity index (χ0) is 15.9. The Morgan fingerprint density at radius 2 is 2.26 bits per heavy atom. The van der Waals surface area contributed by atoms with Crippen molar-refractivity contribution in [3.8, 4) is 11.6 Å². The largest absolute Gasteiger partial charge is 0.461 e. The summed E-state index contributed by atoms with van der Waals surface area (Å²) >= 11 is 0. The Morgan fingerprint density at radius 1 is 1.39 bits per heavy atom. The summed E-state index contributed by atoms with van der Waals surface area (Å²) in [6, 6.07) is 4.18. The average Bonchev–Trinajstić information content (AvgIpc) is 3.25. The van der Waals surface area contributed by atoms with E-state index in [4.69, 9.17) is 4.42 Å². The second kappa shape index (κ2) is 7.80. The third-order valence-corrected chi connectivity index (χ3v) is 3.95. The van der Waals surface area contributed by atoms with Crippen molar-refractivity contribution in [2.75, 3.05) is 6.54 Å². The second-order valence-electron chi connectivity index (χ2n) is 5.76. The van der Waals surface area contributed by atoms with Gasteiger partial charge in [0.1, 0.15) is 12.4 Å². The van der Waals surface area contributed by atoms with Crippen LogP contribution < -0.4 is 10.6 Å². The van der Waals surface area contributed by atoms with E-state index in [1.165, 1.54) is 32.1 Å². The minimum absolute atomic E-state index is 0.454. The molecule has 1 saturated carbocycles. The highest BCUT2D eigenvalue weighted by molar-refractivity contribution is 5.80. The van der Waals surface area contributed by atoms with Crippen LogP contribution in [0, 0.1) is 0 Å². The van der Waals surface area contributed by atoms with Gasteiger partial charge in [0.05, 0.1) is 6.26 Å². The van der Waals surface area contributed by atoms with Crippen molar-refractivity contribution in [1.82, 2.24) is 25.8 Å². The number of furan rings is 1. The molecule has 124 valence electrons. The topological polar surface area (TPSA) is 91.1 Å². The first kappa shape index (κ1) is 15.6. The lowest BCUT2D eigenvalue weighted by molar-refractivity contribution is 0.410. The molecule has 0 bridgehead atoms. The summed E-state index contributed by atoms with van der Waals surface area (Å²) < 4.78 is 5.29. The molecule has 3 N–H and O–H groups in total. The molecule has 7 heteroatoms. The maximum absolute atomic E-state index is 5.29. The fourth-order valence-electron chi connectivity index (χ4n) is 2.80. The summed E-state index contributed by atoms with van der Waals surface area (Å²) in [5.41, 5.74) is 0. The molecule has 2 heterocycles. The Bertz CT molecular complexity index is 612. The van der Waals surface area contributed by atoms with Gasteiger partial charge in [-0.1, -0.05) is 19.3 Å². The summed E-state index contributed by atoms with van der Waals surface area (Å²) in [5.74, 6) is 2.78. The average molecular weight is 316 g/mol. The van der Waals surface area contributed by atoms with Crippen LogP contribution in [0.5, 0.6) is 0 Å². The van der Waals surface area contributed by atoms with E-state index in [0.29, 0.717) is 24.2 Å². The predicted molar refractivity (Wildman–Crippen MR) is 88.9 cm³/mol. The maximum atomic E-state index is 5.29. The van der Waals surface area contributed by atoms with Crippen LogP contribution in [0.1, 0.15) is 44.9 Å². The summed E-state index contributed by atoms with van der Waals surface area (Å²) in [6.45, 7) is 3.36. The first-order valence-corrected chi connectivity index (χ1v) is 8.35. The fraction of sp³-hybridized carbons (Fsp3) is 0.562. The van der Waals surface area contributed by atoms with Crippen molar-refractivity contribution in [3.63, 3.8) is 0 Å². The number of hydrogen-bond donors (Lipinski definition) is 3. The van der Waals surface area contributed by atoms with Gasteiger partial charge in [-0.2, -0.15) is 0 Å². The molecule has 7 nitrogen and oxygen atoms in total. The minimum atomic E-state index is 0.454. The highest BCUT2D eigenvalue weighted by Crippen LogP contribution is 2.17. The number of hydrogen-bond acceptors (Lipinski definition) is 4. The standard InChI is InChI=1S/C16H24N6O/c1-2-17-16(19-12-7-4-3-5-8-12)18-11-14-20-15(22-21-14)13-9-6-10-23-13/h6,9-10,12H,2-5,7-8,11H2,1H3,(H2,17,18,19)(H,20,21,22). The molecule has 1 aliphatic carbocycles. The van der Waals surface area contributed by atoms with Gasteiger partial charge in [0.25, 0.3) is 0 Å². The molecule has 0 unspecified atom stereocenters. The van der Waals surface area contributed by atoms with E-state index in [9.17, 15) is 0 Å². The van der Waals surface area contributed by atoms with Crippen LogP contribution in [0.25, 0.3) is 11.6 Å². The molecule has 2 aromatic heterocycles. The number of aliphatic imine (C=N–C) groups is 1. The zero-order valence-corrected chi connectivity index (χ0v) is 13.5. The number of aromatic nitrogens is 3. The molecular formula is C16H24N6O. The van der Waals surface area contributed by atoms with E-state index in [2.05, 4.69) is 37.7 Å². The van der Waals surface area contributed by atoms with Crippen molar-refractivity contribution in [1.29, 1.82) is 0 Å². The number of guanidine groups is 1. The predicted octanol–water partition coefficient (Wildman–Crippen LogP) is 2.45. The van der Waals surface area contributed by atoms with E-state index < -0.39 is 0 Å². The Kier molecular flexibility index (Phi) is 5.29. The van der Waals surface area contributed by atoms with Gasteiger partial charge in [0, 0.05) is 12.6 Å². The third-order valence-electron chi connectivity index (χ3n) is 3.95. The number of nitrogens with one attached hydrogen (secondary N) is 3. The molecule has 1 fully saturated rings. The highest BCUT2D eigenvalue weighted by atomic mass is 16.3. The molecule has 0 atom stereocenters. The lowest BCUT2D eigenvalue weighted by Gasteiger charge is -2.24. The Balaban J connectivity index is 1.61. The monoisotopic (exact) mass is 316 g/mol. The van der Waals surface area contributed by atoms with Gasteiger partial charge in [0.15, 0.2) is 11.7 Å². The maximum Gasteiger partial charge on any atom is 0.216 e. The SMILES string of the molecule is CCNC(=NCc1nc(-c2ccco2)n[nH]1)NC1CCCCC1. The molecule has 0 saturated heterocycles. The lowest BCUT2D eigenvalue weighted by Crippen LogP contribution is -2.44. The molecule has 0 amide bonds. The van der Waals surface area contributed by atoms with E-state index in [0.717, 1.165) is 18.3 Å². The summed E-state index contributed by atoms with van der Waals surface area (Å²) in [4.78, 5) is 9.01. The summed E-state index contributed by atoms with van der Waals surface area (Å²) in [6.07, 6.45) is 7.99. The highest BCUT2D eigenvalue weighted by Gasteiger charge is 2.14. The van der Waals surface area contributed by atoms with Gasteiger partial charge in [-0.25, -0.2) is 9.98 Å². The molecule has 1 aliphatic rings. The van der Waals surface area contributed by atoms with Gasteiger partial charge in [0.2, 0.25) is 5.82 Å². The van der Waals surface area contributed by atoms with Crippen LogP contribution in [0.4, 0.5) is 0 Å². The van der Waals surface area contributed by atoms with Crippen LogP contribution >= 0.6 is 0 Å². The van der Waals surface area contributed by atoms with Gasteiger partial charge >= 0.3 is 0 Å². The molecular weight excluding hydrogens is 292 g/mol. The molecule has 0 aliphatic heterocycles. The van der Waals surface area contributed by atoms with Crippen LogP contribution in [0.15, 0.2) is 27.8 Å². The lowest BCUT2D eigenvalue weighted by atomic mass is 9.96. The van der Waals surface area contributed by atoms with E-state index in [-0.39, 0.29) is 0 Å². The first-order chi connectivity index (χ1) is 11.3. The molecule has 0 radical (unpaired) electrons. The molecule has 3 rings (SSSR count). The first-order valence-electron chi connectivity index (χ1n) is 8.35. The van der Waals surface area contributed by atoms with Crippen molar-refractivity contribution in [2.45, 2.75) is 51.6 Å². The van der Waals surface area contributed by atoms with Crippen LogP contribution in [0.2, 0.25) is 0 Å².